The summed E-state index contributed by atoms with van der Waals surface area (Å²) < 4.78 is 27.1. The van der Waals surface area contributed by atoms with Crippen LogP contribution < -0.4 is 0 Å². The fourth-order valence-corrected chi connectivity index (χ4v) is 3.31. The van der Waals surface area contributed by atoms with Crippen molar-refractivity contribution in [1.82, 2.24) is 5.01 Å². The molecule has 3 rings (SSSR count). The second-order valence-corrected chi connectivity index (χ2v) is 6.59. The molecule has 0 aromatic heterocycles. The second-order valence-electron chi connectivity index (χ2n) is 6.59. The van der Waals surface area contributed by atoms with Gasteiger partial charge in [0.05, 0.1) is 11.8 Å². The standard InChI is InChI=1S/C21H22F2N2O/c1-3-4-5-15-6-11-18(23)12-19(15)20-13-21(25(24-20)14(2)26)16-7-9-17(22)10-8-16/h6-12,21H,3-5,13H2,1-2H3/t21-/m1/s1. The van der Waals surface area contributed by atoms with Crippen molar-refractivity contribution in [3.8, 4) is 0 Å². The minimum absolute atomic E-state index is 0.194. The van der Waals surface area contributed by atoms with Gasteiger partial charge in [0.15, 0.2) is 0 Å². The number of rotatable bonds is 5. The number of amides is 1. The van der Waals surface area contributed by atoms with Crippen LogP contribution in [0.4, 0.5) is 8.78 Å². The highest BCUT2D eigenvalue weighted by molar-refractivity contribution is 6.04. The maximum absolute atomic E-state index is 13.9. The normalized spacial score (nSPS) is 16.7. The van der Waals surface area contributed by atoms with Gasteiger partial charge in [0.1, 0.15) is 11.6 Å². The molecule has 0 radical (unpaired) electrons. The first-order valence-electron chi connectivity index (χ1n) is 8.91. The number of hydrazone groups is 1. The van der Waals surface area contributed by atoms with Crippen molar-refractivity contribution in [3.05, 3.63) is 70.8 Å². The van der Waals surface area contributed by atoms with Gasteiger partial charge in [0.2, 0.25) is 5.91 Å². The molecule has 0 unspecified atom stereocenters. The van der Waals surface area contributed by atoms with Crippen molar-refractivity contribution < 1.29 is 13.6 Å². The van der Waals surface area contributed by atoms with E-state index in [-0.39, 0.29) is 23.6 Å². The molecule has 2 aromatic carbocycles. The Morgan fingerprint density at radius 1 is 1.15 bits per heavy atom. The Hall–Kier alpha value is -2.56. The molecule has 3 nitrogen and oxygen atoms in total. The van der Waals surface area contributed by atoms with Crippen LogP contribution >= 0.6 is 0 Å². The number of aryl methyl sites for hydroxylation is 1. The van der Waals surface area contributed by atoms with Crippen LogP contribution in [0.1, 0.15) is 55.8 Å². The monoisotopic (exact) mass is 356 g/mol. The van der Waals surface area contributed by atoms with Gasteiger partial charge in [-0.2, -0.15) is 5.10 Å². The third-order valence-electron chi connectivity index (χ3n) is 4.67. The molecule has 0 aliphatic carbocycles. The van der Waals surface area contributed by atoms with Gasteiger partial charge in [-0.05, 0) is 48.2 Å². The van der Waals surface area contributed by atoms with E-state index >= 15 is 0 Å². The predicted molar refractivity (Wildman–Crippen MR) is 97.8 cm³/mol. The van der Waals surface area contributed by atoms with Crippen molar-refractivity contribution in [3.63, 3.8) is 0 Å². The Morgan fingerprint density at radius 2 is 1.85 bits per heavy atom. The molecule has 0 N–H and O–H groups in total. The summed E-state index contributed by atoms with van der Waals surface area (Å²) in [6.45, 7) is 3.56. The molecule has 0 saturated carbocycles. The molecule has 0 fully saturated rings. The molecular formula is C21H22F2N2O. The zero-order chi connectivity index (χ0) is 18.7. The third kappa shape index (κ3) is 3.82. The van der Waals surface area contributed by atoms with E-state index in [4.69, 9.17) is 0 Å². The number of unbranched alkanes of at least 4 members (excludes halogenated alkanes) is 1. The molecule has 2 aromatic rings. The van der Waals surface area contributed by atoms with Gasteiger partial charge >= 0.3 is 0 Å². The molecule has 0 saturated heterocycles. The minimum atomic E-state index is -0.325. The summed E-state index contributed by atoms with van der Waals surface area (Å²) in [6, 6.07) is 10.5. The Balaban J connectivity index is 1.96. The van der Waals surface area contributed by atoms with Gasteiger partial charge in [-0.1, -0.05) is 31.5 Å². The largest absolute Gasteiger partial charge is 0.273 e. The number of carbonyl (C=O) groups excluding carboxylic acids is 1. The number of hydrogen-bond acceptors (Lipinski definition) is 2. The zero-order valence-electron chi connectivity index (χ0n) is 15.0. The van der Waals surface area contributed by atoms with Crippen LogP contribution in [0, 0.1) is 11.6 Å². The van der Waals surface area contributed by atoms with E-state index in [0.717, 1.165) is 36.0 Å². The lowest BCUT2D eigenvalue weighted by molar-refractivity contribution is -0.130. The van der Waals surface area contributed by atoms with Gasteiger partial charge in [0.25, 0.3) is 0 Å². The maximum Gasteiger partial charge on any atom is 0.240 e. The molecule has 1 aliphatic heterocycles. The molecule has 0 bridgehead atoms. The fraction of sp³-hybridized carbons (Fsp3) is 0.333. The van der Waals surface area contributed by atoms with Crippen molar-refractivity contribution in [1.29, 1.82) is 0 Å². The van der Waals surface area contributed by atoms with Crippen LogP contribution in [-0.2, 0) is 11.2 Å². The lowest BCUT2D eigenvalue weighted by atomic mass is 9.93. The van der Waals surface area contributed by atoms with E-state index in [2.05, 4.69) is 12.0 Å². The Labute approximate surface area is 152 Å². The summed E-state index contributed by atoms with van der Waals surface area (Å²) in [6.07, 6.45) is 3.37. The lowest BCUT2D eigenvalue weighted by Gasteiger charge is -2.20. The van der Waals surface area contributed by atoms with E-state index < -0.39 is 0 Å². The lowest BCUT2D eigenvalue weighted by Crippen LogP contribution is -2.24. The van der Waals surface area contributed by atoms with Crippen LogP contribution in [0.25, 0.3) is 0 Å². The van der Waals surface area contributed by atoms with E-state index in [1.54, 1.807) is 18.2 Å². The molecule has 1 heterocycles. The maximum atomic E-state index is 13.9. The van der Waals surface area contributed by atoms with Crippen LogP contribution in [0.2, 0.25) is 0 Å². The summed E-state index contributed by atoms with van der Waals surface area (Å²) in [5.74, 6) is -0.836. The molecule has 0 spiro atoms. The average Bonchev–Trinajstić information content (AvgIpc) is 3.07. The number of halogens is 2. The van der Waals surface area contributed by atoms with Crippen molar-refractivity contribution in [2.75, 3.05) is 0 Å². The first kappa shape index (κ1) is 18.2. The van der Waals surface area contributed by atoms with Crippen molar-refractivity contribution in [2.45, 2.75) is 45.6 Å². The Kier molecular flexibility index (Phi) is 5.45. The van der Waals surface area contributed by atoms with Crippen LogP contribution in [-0.4, -0.2) is 16.6 Å². The second kappa shape index (κ2) is 7.77. The molecule has 1 atom stereocenters. The number of benzene rings is 2. The van der Waals surface area contributed by atoms with E-state index in [9.17, 15) is 13.6 Å². The first-order chi connectivity index (χ1) is 12.5. The molecule has 136 valence electrons. The Morgan fingerprint density at radius 3 is 2.50 bits per heavy atom. The highest BCUT2D eigenvalue weighted by Gasteiger charge is 2.32. The van der Waals surface area contributed by atoms with Gasteiger partial charge in [-0.25, -0.2) is 13.8 Å². The predicted octanol–water partition coefficient (Wildman–Crippen LogP) is 5.01. The summed E-state index contributed by atoms with van der Waals surface area (Å²) in [5.41, 5.74) is 3.30. The topological polar surface area (TPSA) is 32.7 Å². The highest BCUT2D eigenvalue weighted by Crippen LogP contribution is 2.34. The number of nitrogens with zero attached hydrogens (tertiary/aromatic N) is 2. The molecular weight excluding hydrogens is 334 g/mol. The van der Waals surface area contributed by atoms with E-state index in [0.29, 0.717) is 12.1 Å². The van der Waals surface area contributed by atoms with E-state index in [1.807, 2.05) is 0 Å². The summed E-state index contributed by atoms with van der Waals surface area (Å²) >= 11 is 0. The molecule has 1 aliphatic rings. The van der Waals surface area contributed by atoms with Crippen molar-refractivity contribution in [2.24, 2.45) is 5.10 Å². The molecule has 1 amide bonds. The fourth-order valence-electron chi connectivity index (χ4n) is 3.31. The van der Waals surface area contributed by atoms with Crippen LogP contribution in [0.15, 0.2) is 47.6 Å². The van der Waals surface area contributed by atoms with Gasteiger partial charge in [-0.15, -0.1) is 0 Å². The van der Waals surface area contributed by atoms with Gasteiger partial charge in [-0.3, -0.25) is 4.79 Å². The zero-order valence-corrected chi connectivity index (χ0v) is 15.0. The average molecular weight is 356 g/mol. The SMILES string of the molecule is CCCCc1ccc(F)cc1C1=NN(C(C)=O)[C@@H](c2ccc(F)cc2)C1. The number of hydrogen-bond donors (Lipinski definition) is 0. The van der Waals surface area contributed by atoms with Gasteiger partial charge in [0, 0.05) is 18.9 Å². The minimum Gasteiger partial charge on any atom is -0.273 e. The third-order valence-corrected chi connectivity index (χ3v) is 4.67. The molecule has 26 heavy (non-hydrogen) atoms. The smallest absolute Gasteiger partial charge is 0.240 e. The Bertz CT molecular complexity index is 830. The molecule has 5 heteroatoms. The summed E-state index contributed by atoms with van der Waals surface area (Å²) in [4.78, 5) is 12.1. The quantitative estimate of drug-likeness (QED) is 0.742. The van der Waals surface area contributed by atoms with Gasteiger partial charge < -0.3 is 0 Å². The highest BCUT2D eigenvalue weighted by atomic mass is 19.1. The summed E-state index contributed by atoms with van der Waals surface area (Å²) in [7, 11) is 0. The van der Waals surface area contributed by atoms with Crippen LogP contribution in [0.5, 0.6) is 0 Å². The number of carbonyl (C=O) groups is 1. The van der Waals surface area contributed by atoms with E-state index in [1.165, 1.54) is 36.2 Å². The van der Waals surface area contributed by atoms with Crippen molar-refractivity contribution >= 4 is 11.6 Å². The first-order valence-corrected chi connectivity index (χ1v) is 8.91. The summed E-state index contributed by atoms with van der Waals surface area (Å²) in [5, 5.41) is 5.90. The van der Waals surface area contributed by atoms with Crippen LogP contribution in [0.3, 0.4) is 0 Å².